The molecule has 1 heterocycles. The van der Waals surface area contributed by atoms with Crippen LogP contribution >= 0.6 is 0 Å². The third kappa shape index (κ3) is 3.32. The number of aryl methyl sites for hydroxylation is 1. The quantitative estimate of drug-likeness (QED) is 0.871. The van der Waals surface area contributed by atoms with Crippen molar-refractivity contribution in [3.05, 3.63) is 58.4 Å². The summed E-state index contributed by atoms with van der Waals surface area (Å²) in [6.07, 6.45) is 0. The number of hydrogen-bond donors (Lipinski definition) is 1. The third-order valence-electron chi connectivity index (χ3n) is 4.02. The molecule has 0 saturated carbocycles. The number of rotatable bonds is 5. The normalized spacial score (nSPS) is 12.7. The lowest BCUT2D eigenvalue weighted by atomic mass is 10.1. The zero-order valence-electron chi connectivity index (χ0n) is 13.0. The maximum Gasteiger partial charge on any atom is 0.130 e. The molecule has 0 aliphatic heterocycles. The van der Waals surface area contributed by atoms with Gasteiger partial charge < -0.3 is 9.88 Å². The van der Waals surface area contributed by atoms with Crippen LogP contribution in [0.3, 0.4) is 0 Å². The Balaban J connectivity index is 2.09. The molecule has 1 atom stereocenters. The fourth-order valence-electron chi connectivity index (χ4n) is 2.76. The Morgan fingerprint density at radius 2 is 1.90 bits per heavy atom. The van der Waals surface area contributed by atoms with E-state index in [2.05, 4.69) is 36.7 Å². The number of halogens is 2. The van der Waals surface area contributed by atoms with E-state index in [1.165, 1.54) is 29.1 Å². The van der Waals surface area contributed by atoms with Gasteiger partial charge in [0.25, 0.3) is 0 Å². The lowest BCUT2D eigenvalue weighted by molar-refractivity contribution is 0.517. The van der Waals surface area contributed by atoms with Gasteiger partial charge in [0.2, 0.25) is 0 Å². The van der Waals surface area contributed by atoms with Crippen LogP contribution in [0, 0.1) is 25.5 Å². The van der Waals surface area contributed by atoms with Crippen LogP contribution in [0.25, 0.3) is 0 Å². The molecule has 2 nitrogen and oxygen atoms in total. The van der Waals surface area contributed by atoms with Crippen molar-refractivity contribution < 1.29 is 8.78 Å². The van der Waals surface area contributed by atoms with E-state index in [-0.39, 0.29) is 6.04 Å². The number of hydrogen-bond acceptors (Lipinski definition) is 1. The number of nitrogens with zero attached hydrogens (tertiary/aromatic N) is 1. The molecule has 1 aromatic carbocycles. The van der Waals surface area contributed by atoms with E-state index in [0.29, 0.717) is 12.1 Å². The SMILES string of the molecule is CCn1c(C)cc(CNC(C)c2ccc(F)cc2F)c1C. The van der Waals surface area contributed by atoms with Gasteiger partial charge in [0.15, 0.2) is 0 Å². The largest absolute Gasteiger partial charge is 0.349 e. The van der Waals surface area contributed by atoms with Gasteiger partial charge >= 0.3 is 0 Å². The first kappa shape index (κ1) is 15.7. The summed E-state index contributed by atoms with van der Waals surface area (Å²) in [6, 6.07) is 5.70. The Kier molecular flexibility index (Phi) is 4.78. The van der Waals surface area contributed by atoms with Crippen molar-refractivity contribution in [1.82, 2.24) is 9.88 Å². The zero-order chi connectivity index (χ0) is 15.6. The van der Waals surface area contributed by atoms with Crippen LogP contribution in [0.15, 0.2) is 24.3 Å². The molecule has 1 unspecified atom stereocenters. The molecule has 2 rings (SSSR count). The molecule has 0 amide bonds. The molecular weight excluding hydrogens is 270 g/mol. The smallest absolute Gasteiger partial charge is 0.130 e. The van der Waals surface area contributed by atoms with Gasteiger partial charge in [0.05, 0.1) is 0 Å². The van der Waals surface area contributed by atoms with E-state index in [0.717, 1.165) is 12.6 Å². The van der Waals surface area contributed by atoms with E-state index >= 15 is 0 Å². The Morgan fingerprint density at radius 3 is 2.48 bits per heavy atom. The minimum Gasteiger partial charge on any atom is -0.349 e. The first-order chi connectivity index (χ1) is 9.93. The molecule has 2 aromatic rings. The first-order valence-electron chi connectivity index (χ1n) is 7.28. The van der Waals surface area contributed by atoms with Gasteiger partial charge in [-0.15, -0.1) is 0 Å². The van der Waals surface area contributed by atoms with E-state index in [1.807, 2.05) is 6.92 Å². The highest BCUT2D eigenvalue weighted by molar-refractivity contribution is 5.27. The van der Waals surface area contributed by atoms with Gasteiger partial charge in [0.1, 0.15) is 11.6 Å². The predicted molar refractivity (Wildman–Crippen MR) is 81.2 cm³/mol. The molecule has 0 saturated heterocycles. The maximum atomic E-state index is 13.7. The molecule has 21 heavy (non-hydrogen) atoms. The molecule has 0 aliphatic carbocycles. The molecular formula is C17H22F2N2. The minimum atomic E-state index is -0.546. The Morgan fingerprint density at radius 1 is 1.19 bits per heavy atom. The molecule has 0 fully saturated rings. The first-order valence-corrected chi connectivity index (χ1v) is 7.28. The summed E-state index contributed by atoms with van der Waals surface area (Å²) >= 11 is 0. The molecule has 1 aromatic heterocycles. The Hall–Kier alpha value is -1.68. The summed E-state index contributed by atoms with van der Waals surface area (Å²) in [7, 11) is 0. The van der Waals surface area contributed by atoms with Crippen molar-refractivity contribution in [2.75, 3.05) is 0 Å². The van der Waals surface area contributed by atoms with Gasteiger partial charge in [-0.2, -0.15) is 0 Å². The second-order valence-corrected chi connectivity index (χ2v) is 5.41. The number of benzene rings is 1. The van der Waals surface area contributed by atoms with Crippen LogP contribution in [-0.2, 0) is 13.1 Å². The third-order valence-corrected chi connectivity index (χ3v) is 4.02. The van der Waals surface area contributed by atoms with Crippen molar-refractivity contribution in [3.8, 4) is 0 Å². The average molecular weight is 292 g/mol. The van der Waals surface area contributed by atoms with Crippen molar-refractivity contribution >= 4 is 0 Å². The molecule has 114 valence electrons. The average Bonchev–Trinajstić information content (AvgIpc) is 2.70. The van der Waals surface area contributed by atoms with E-state index in [1.54, 1.807) is 0 Å². The monoisotopic (exact) mass is 292 g/mol. The van der Waals surface area contributed by atoms with Crippen LogP contribution in [0.5, 0.6) is 0 Å². The lowest BCUT2D eigenvalue weighted by Gasteiger charge is -2.15. The highest BCUT2D eigenvalue weighted by Gasteiger charge is 2.13. The maximum absolute atomic E-state index is 13.7. The topological polar surface area (TPSA) is 17.0 Å². The highest BCUT2D eigenvalue weighted by atomic mass is 19.1. The summed E-state index contributed by atoms with van der Waals surface area (Å²) in [6.45, 7) is 9.79. The number of aromatic nitrogens is 1. The molecule has 0 aliphatic rings. The minimum absolute atomic E-state index is 0.171. The standard InChI is InChI=1S/C17H22F2N2/c1-5-21-11(2)8-14(13(21)4)10-20-12(3)16-7-6-15(18)9-17(16)19/h6-9,12,20H,5,10H2,1-4H3. The van der Waals surface area contributed by atoms with Crippen LogP contribution in [0.4, 0.5) is 8.78 Å². The van der Waals surface area contributed by atoms with Crippen molar-refractivity contribution in [1.29, 1.82) is 0 Å². The second-order valence-electron chi connectivity index (χ2n) is 5.41. The lowest BCUT2D eigenvalue weighted by Crippen LogP contribution is -2.19. The van der Waals surface area contributed by atoms with Crippen molar-refractivity contribution in [3.63, 3.8) is 0 Å². The molecule has 0 radical (unpaired) electrons. The molecule has 4 heteroatoms. The summed E-state index contributed by atoms with van der Waals surface area (Å²) in [5, 5.41) is 3.31. The highest BCUT2D eigenvalue weighted by Crippen LogP contribution is 2.20. The number of nitrogens with one attached hydrogen (secondary N) is 1. The zero-order valence-corrected chi connectivity index (χ0v) is 13.0. The van der Waals surface area contributed by atoms with Gasteiger partial charge in [-0.1, -0.05) is 6.07 Å². The predicted octanol–water partition coefficient (Wildman–Crippen LogP) is 4.25. The van der Waals surface area contributed by atoms with E-state index in [4.69, 9.17) is 0 Å². The van der Waals surface area contributed by atoms with Crippen molar-refractivity contribution in [2.24, 2.45) is 0 Å². The Bertz CT molecular complexity index is 632. The van der Waals surface area contributed by atoms with Crippen LogP contribution in [-0.4, -0.2) is 4.57 Å². The van der Waals surface area contributed by atoms with Gasteiger partial charge in [-0.3, -0.25) is 0 Å². The van der Waals surface area contributed by atoms with E-state index in [9.17, 15) is 8.78 Å². The van der Waals surface area contributed by atoms with Crippen LogP contribution in [0.1, 0.15) is 42.4 Å². The van der Waals surface area contributed by atoms with Crippen LogP contribution < -0.4 is 5.32 Å². The van der Waals surface area contributed by atoms with Gasteiger partial charge in [0, 0.05) is 42.1 Å². The van der Waals surface area contributed by atoms with Crippen molar-refractivity contribution in [2.45, 2.75) is 46.8 Å². The second kappa shape index (κ2) is 6.39. The summed E-state index contributed by atoms with van der Waals surface area (Å²) in [4.78, 5) is 0. The molecule has 1 N–H and O–H groups in total. The van der Waals surface area contributed by atoms with Gasteiger partial charge in [-0.25, -0.2) is 8.78 Å². The summed E-state index contributed by atoms with van der Waals surface area (Å²) in [5.41, 5.74) is 4.16. The van der Waals surface area contributed by atoms with E-state index < -0.39 is 11.6 Å². The fourth-order valence-corrected chi connectivity index (χ4v) is 2.76. The van der Waals surface area contributed by atoms with Crippen LogP contribution in [0.2, 0.25) is 0 Å². The summed E-state index contributed by atoms with van der Waals surface area (Å²) in [5.74, 6) is -1.05. The molecule has 0 bridgehead atoms. The molecule has 0 spiro atoms. The van der Waals surface area contributed by atoms with Gasteiger partial charge in [-0.05, 0) is 45.4 Å². The summed E-state index contributed by atoms with van der Waals surface area (Å²) < 4.78 is 28.9. The fraction of sp³-hybridized carbons (Fsp3) is 0.412. The Labute approximate surface area is 124 Å².